The molecule has 0 aliphatic rings. The lowest BCUT2D eigenvalue weighted by Crippen LogP contribution is -2.07. The molecule has 0 bridgehead atoms. The van der Waals surface area contributed by atoms with Crippen LogP contribution in [0.2, 0.25) is 0 Å². The molecule has 0 heterocycles. The molecule has 0 radical (unpaired) electrons. The minimum atomic E-state index is -0.133. The number of esters is 1. The topological polar surface area (TPSA) is 46.5 Å². The zero-order valence-corrected chi connectivity index (χ0v) is 12.4. The fourth-order valence-corrected chi connectivity index (χ4v) is 2.05. The van der Waals surface area contributed by atoms with E-state index in [1.807, 2.05) is 12.1 Å². The third-order valence-corrected chi connectivity index (χ3v) is 3.32. The lowest BCUT2D eigenvalue weighted by atomic mass is 10.1. The van der Waals surface area contributed by atoms with Crippen molar-refractivity contribution >= 4 is 5.97 Å². The van der Waals surface area contributed by atoms with Crippen molar-refractivity contribution in [1.82, 2.24) is 0 Å². The molecule has 0 spiro atoms. The average molecular weight is 278 g/mol. The van der Waals surface area contributed by atoms with Gasteiger partial charge in [-0.1, -0.05) is 51.2 Å². The molecule has 112 valence electrons. The molecule has 0 fully saturated rings. The predicted octanol–water partition coefficient (Wildman–Crippen LogP) is 4.23. The van der Waals surface area contributed by atoms with Crippen LogP contribution in [0.5, 0.6) is 5.75 Å². The quantitative estimate of drug-likeness (QED) is 0.514. The highest BCUT2D eigenvalue weighted by Gasteiger charge is 2.03. The van der Waals surface area contributed by atoms with Crippen molar-refractivity contribution in [3.8, 4) is 5.75 Å². The van der Waals surface area contributed by atoms with Crippen molar-refractivity contribution in [3.05, 3.63) is 29.8 Å². The van der Waals surface area contributed by atoms with E-state index in [-0.39, 0.29) is 11.7 Å². The van der Waals surface area contributed by atoms with Gasteiger partial charge in [0.15, 0.2) is 0 Å². The van der Waals surface area contributed by atoms with Gasteiger partial charge >= 0.3 is 5.97 Å². The molecular weight excluding hydrogens is 252 g/mol. The van der Waals surface area contributed by atoms with E-state index in [2.05, 4.69) is 6.92 Å². The summed E-state index contributed by atoms with van der Waals surface area (Å²) >= 11 is 0. The van der Waals surface area contributed by atoms with Gasteiger partial charge in [-0.15, -0.1) is 0 Å². The van der Waals surface area contributed by atoms with Crippen LogP contribution in [0, 0.1) is 0 Å². The van der Waals surface area contributed by atoms with Gasteiger partial charge < -0.3 is 9.84 Å². The Morgan fingerprint density at radius 3 is 2.40 bits per heavy atom. The van der Waals surface area contributed by atoms with E-state index in [0.717, 1.165) is 18.4 Å². The lowest BCUT2D eigenvalue weighted by molar-refractivity contribution is -0.143. The number of rotatable bonds is 10. The molecule has 0 atom stereocenters. The summed E-state index contributed by atoms with van der Waals surface area (Å²) in [6.07, 6.45) is 8.25. The molecule has 0 saturated heterocycles. The molecule has 0 amide bonds. The molecule has 3 heteroatoms. The van der Waals surface area contributed by atoms with Gasteiger partial charge in [0.1, 0.15) is 5.75 Å². The van der Waals surface area contributed by atoms with E-state index >= 15 is 0 Å². The number of phenolic OH excluding ortho intramolecular Hbond substituents is 1. The summed E-state index contributed by atoms with van der Waals surface area (Å²) in [4.78, 5) is 11.5. The highest BCUT2D eigenvalue weighted by Crippen LogP contribution is 2.11. The van der Waals surface area contributed by atoms with Crippen LogP contribution in [-0.4, -0.2) is 17.7 Å². The Kier molecular flexibility index (Phi) is 8.52. The van der Waals surface area contributed by atoms with Crippen molar-refractivity contribution in [1.29, 1.82) is 0 Å². The molecule has 1 aromatic carbocycles. The number of hydrogen-bond acceptors (Lipinski definition) is 3. The highest BCUT2D eigenvalue weighted by molar-refractivity contribution is 5.69. The average Bonchev–Trinajstić information content (AvgIpc) is 2.46. The summed E-state index contributed by atoms with van der Waals surface area (Å²) in [5, 5.41) is 9.16. The first-order valence-corrected chi connectivity index (χ1v) is 7.66. The first-order valence-electron chi connectivity index (χ1n) is 7.66. The normalized spacial score (nSPS) is 10.4. The van der Waals surface area contributed by atoms with Crippen molar-refractivity contribution in [2.45, 2.75) is 58.3 Å². The first kappa shape index (κ1) is 16.5. The summed E-state index contributed by atoms with van der Waals surface area (Å²) in [6.45, 7) is 2.75. The highest BCUT2D eigenvalue weighted by atomic mass is 16.5. The van der Waals surface area contributed by atoms with Crippen molar-refractivity contribution in [2.24, 2.45) is 0 Å². The number of benzene rings is 1. The van der Waals surface area contributed by atoms with Crippen LogP contribution in [0.15, 0.2) is 24.3 Å². The van der Waals surface area contributed by atoms with Crippen molar-refractivity contribution in [2.75, 3.05) is 6.61 Å². The smallest absolute Gasteiger partial charge is 0.306 e. The molecule has 0 unspecified atom stereocenters. The van der Waals surface area contributed by atoms with Crippen molar-refractivity contribution in [3.63, 3.8) is 0 Å². The van der Waals surface area contributed by atoms with Gasteiger partial charge in [0, 0.05) is 6.42 Å². The first-order chi connectivity index (χ1) is 9.72. The second-order valence-electron chi connectivity index (χ2n) is 5.15. The van der Waals surface area contributed by atoms with E-state index in [1.54, 1.807) is 12.1 Å². The zero-order chi connectivity index (χ0) is 14.6. The fourth-order valence-electron chi connectivity index (χ4n) is 2.05. The lowest BCUT2D eigenvalue weighted by Gasteiger charge is -2.05. The Morgan fingerprint density at radius 1 is 1.05 bits per heavy atom. The number of aryl methyl sites for hydroxylation is 1. The second-order valence-corrected chi connectivity index (χ2v) is 5.15. The molecule has 0 saturated carbocycles. The zero-order valence-electron chi connectivity index (χ0n) is 12.4. The molecule has 1 N–H and O–H groups in total. The Balaban J connectivity index is 2.01. The standard InChI is InChI=1S/C17H26O3/c1-2-3-4-5-6-7-14-20-17(19)13-10-15-8-11-16(18)12-9-15/h8-9,11-12,18H,2-7,10,13-14H2,1H3. The maximum atomic E-state index is 11.5. The number of ether oxygens (including phenoxy) is 1. The van der Waals surface area contributed by atoms with Gasteiger partial charge in [-0.3, -0.25) is 4.79 Å². The predicted molar refractivity (Wildman–Crippen MR) is 80.8 cm³/mol. The second kappa shape index (κ2) is 10.3. The van der Waals surface area contributed by atoms with E-state index in [0.29, 0.717) is 19.4 Å². The Hall–Kier alpha value is -1.51. The Bertz CT molecular complexity index is 370. The number of carbonyl (C=O) groups is 1. The molecule has 20 heavy (non-hydrogen) atoms. The summed E-state index contributed by atoms with van der Waals surface area (Å²) in [5.41, 5.74) is 1.04. The maximum absolute atomic E-state index is 11.5. The summed E-state index contributed by atoms with van der Waals surface area (Å²) < 4.78 is 5.21. The van der Waals surface area contributed by atoms with Crippen LogP contribution in [0.4, 0.5) is 0 Å². The fraction of sp³-hybridized carbons (Fsp3) is 0.588. The molecule has 0 aromatic heterocycles. The Morgan fingerprint density at radius 2 is 1.70 bits per heavy atom. The number of carbonyl (C=O) groups excluding carboxylic acids is 1. The number of phenols is 1. The minimum absolute atomic E-state index is 0.133. The molecule has 1 aromatic rings. The van der Waals surface area contributed by atoms with Gasteiger partial charge in [-0.2, -0.15) is 0 Å². The summed E-state index contributed by atoms with van der Waals surface area (Å²) in [5.74, 6) is 0.117. The summed E-state index contributed by atoms with van der Waals surface area (Å²) in [6, 6.07) is 6.93. The molecule has 0 aliphatic heterocycles. The van der Waals surface area contributed by atoms with Gasteiger partial charge in [0.05, 0.1) is 6.61 Å². The number of aromatic hydroxyl groups is 1. The van der Waals surface area contributed by atoms with Crippen LogP contribution in [0.1, 0.15) is 57.4 Å². The summed E-state index contributed by atoms with van der Waals surface area (Å²) in [7, 11) is 0. The third kappa shape index (κ3) is 7.82. The molecule has 3 nitrogen and oxygen atoms in total. The largest absolute Gasteiger partial charge is 0.508 e. The van der Waals surface area contributed by atoms with E-state index in [4.69, 9.17) is 9.84 Å². The number of unbranched alkanes of at least 4 members (excludes halogenated alkanes) is 5. The van der Waals surface area contributed by atoms with Crippen LogP contribution >= 0.6 is 0 Å². The van der Waals surface area contributed by atoms with Crippen molar-refractivity contribution < 1.29 is 14.6 Å². The van der Waals surface area contributed by atoms with Crippen LogP contribution in [-0.2, 0) is 16.0 Å². The maximum Gasteiger partial charge on any atom is 0.306 e. The van der Waals surface area contributed by atoms with Gasteiger partial charge in [0.25, 0.3) is 0 Å². The monoisotopic (exact) mass is 278 g/mol. The van der Waals surface area contributed by atoms with E-state index < -0.39 is 0 Å². The van der Waals surface area contributed by atoms with E-state index in [1.165, 1.54) is 25.7 Å². The Labute approximate surface area is 122 Å². The van der Waals surface area contributed by atoms with Crippen LogP contribution in [0.3, 0.4) is 0 Å². The van der Waals surface area contributed by atoms with Gasteiger partial charge in [-0.25, -0.2) is 0 Å². The molecule has 1 rings (SSSR count). The van der Waals surface area contributed by atoms with Gasteiger partial charge in [-0.05, 0) is 30.5 Å². The minimum Gasteiger partial charge on any atom is -0.508 e. The molecular formula is C17H26O3. The number of hydrogen-bond donors (Lipinski definition) is 1. The van der Waals surface area contributed by atoms with E-state index in [9.17, 15) is 4.79 Å². The van der Waals surface area contributed by atoms with Gasteiger partial charge in [0.2, 0.25) is 0 Å². The molecule has 0 aliphatic carbocycles. The SMILES string of the molecule is CCCCCCCCOC(=O)CCc1ccc(O)cc1. The third-order valence-electron chi connectivity index (χ3n) is 3.32. The van der Waals surface area contributed by atoms with Crippen LogP contribution in [0.25, 0.3) is 0 Å². The van der Waals surface area contributed by atoms with Crippen LogP contribution < -0.4 is 0 Å².